The minimum Gasteiger partial charge on any atom is -0.365 e. The minimum absolute atomic E-state index is 0.0305. The normalized spacial score (nSPS) is 18.0. The summed E-state index contributed by atoms with van der Waals surface area (Å²) in [5, 5.41) is 6.58. The van der Waals surface area contributed by atoms with Gasteiger partial charge < -0.3 is 15.5 Å². The molecule has 0 amide bonds. The fourth-order valence-corrected chi connectivity index (χ4v) is 2.43. The Morgan fingerprint density at radius 2 is 2.00 bits per heavy atom. The lowest BCUT2D eigenvalue weighted by Gasteiger charge is -2.30. The SMILES string of the molecule is CN1CCC(Nc2nccc(CNC(C)(C)C)c2F)CC1. The molecule has 1 aliphatic rings. The number of anilines is 1. The molecule has 2 rings (SSSR count). The van der Waals surface area contributed by atoms with Gasteiger partial charge in [0, 0.05) is 29.9 Å². The van der Waals surface area contributed by atoms with E-state index in [0.717, 1.165) is 25.9 Å². The van der Waals surface area contributed by atoms with Crippen LogP contribution in [0.2, 0.25) is 0 Å². The van der Waals surface area contributed by atoms with Gasteiger partial charge in [0.05, 0.1) is 0 Å². The zero-order valence-electron chi connectivity index (χ0n) is 13.5. The summed E-state index contributed by atoms with van der Waals surface area (Å²) in [6.07, 6.45) is 3.74. The number of nitrogens with zero attached hydrogens (tertiary/aromatic N) is 2. The fraction of sp³-hybridized carbons (Fsp3) is 0.688. The summed E-state index contributed by atoms with van der Waals surface area (Å²) in [6.45, 7) is 8.83. The predicted molar refractivity (Wildman–Crippen MR) is 84.9 cm³/mol. The number of halogens is 1. The van der Waals surface area contributed by atoms with Crippen LogP contribution >= 0.6 is 0 Å². The van der Waals surface area contributed by atoms with E-state index in [0.29, 0.717) is 24.0 Å². The standard InChI is InChI=1S/C16H27FN4/c1-16(2,3)19-11-12-5-8-18-15(14(12)17)20-13-6-9-21(4)10-7-13/h5,8,13,19H,6-7,9-11H2,1-4H3,(H,18,20). The van der Waals surface area contributed by atoms with Gasteiger partial charge in [-0.2, -0.15) is 0 Å². The molecule has 1 saturated heterocycles. The Balaban J connectivity index is 2.00. The summed E-state index contributed by atoms with van der Waals surface area (Å²) in [4.78, 5) is 6.47. The Bertz CT molecular complexity index is 462. The number of hydrogen-bond acceptors (Lipinski definition) is 4. The van der Waals surface area contributed by atoms with Crippen molar-refractivity contribution in [1.82, 2.24) is 15.2 Å². The highest BCUT2D eigenvalue weighted by molar-refractivity contribution is 5.41. The monoisotopic (exact) mass is 294 g/mol. The highest BCUT2D eigenvalue weighted by atomic mass is 19.1. The Morgan fingerprint density at radius 3 is 2.62 bits per heavy atom. The third kappa shape index (κ3) is 4.93. The van der Waals surface area contributed by atoms with E-state index in [9.17, 15) is 4.39 Å². The van der Waals surface area contributed by atoms with E-state index >= 15 is 0 Å². The number of rotatable bonds is 4. The quantitative estimate of drug-likeness (QED) is 0.895. The molecular formula is C16H27FN4. The van der Waals surface area contributed by atoms with Gasteiger partial charge in [0.15, 0.2) is 11.6 Å². The van der Waals surface area contributed by atoms with Crippen molar-refractivity contribution >= 4 is 5.82 Å². The first kappa shape index (κ1) is 16.2. The molecule has 0 atom stereocenters. The molecule has 1 aliphatic heterocycles. The van der Waals surface area contributed by atoms with E-state index in [1.165, 1.54) is 0 Å². The van der Waals surface area contributed by atoms with Gasteiger partial charge in [-0.3, -0.25) is 0 Å². The molecule has 2 N–H and O–H groups in total. The third-order valence-corrected chi connectivity index (χ3v) is 3.84. The molecule has 2 heterocycles. The molecule has 0 spiro atoms. The van der Waals surface area contributed by atoms with Crippen molar-refractivity contribution < 1.29 is 4.39 Å². The largest absolute Gasteiger partial charge is 0.365 e. The molecule has 118 valence electrons. The van der Waals surface area contributed by atoms with Gasteiger partial charge in [0.2, 0.25) is 0 Å². The van der Waals surface area contributed by atoms with Gasteiger partial charge >= 0.3 is 0 Å². The lowest BCUT2D eigenvalue weighted by molar-refractivity contribution is 0.263. The molecule has 0 aromatic carbocycles. The van der Waals surface area contributed by atoms with E-state index in [2.05, 4.69) is 48.3 Å². The third-order valence-electron chi connectivity index (χ3n) is 3.84. The maximum absolute atomic E-state index is 14.5. The maximum Gasteiger partial charge on any atom is 0.169 e. The van der Waals surface area contributed by atoms with Crippen molar-refractivity contribution in [3.05, 3.63) is 23.6 Å². The highest BCUT2D eigenvalue weighted by Crippen LogP contribution is 2.19. The highest BCUT2D eigenvalue weighted by Gasteiger charge is 2.19. The van der Waals surface area contributed by atoms with Crippen LogP contribution in [0.15, 0.2) is 12.3 Å². The van der Waals surface area contributed by atoms with Crippen molar-refractivity contribution in [2.75, 3.05) is 25.5 Å². The zero-order valence-corrected chi connectivity index (χ0v) is 13.5. The number of piperidine rings is 1. The van der Waals surface area contributed by atoms with Crippen LogP contribution in [-0.4, -0.2) is 41.6 Å². The van der Waals surface area contributed by atoms with Gasteiger partial charge in [0.25, 0.3) is 0 Å². The second kappa shape index (κ2) is 6.71. The molecule has 1 fully saturated rings. The molecular weight excluding hydrogens is 267 g/mol. The van der Waals surface area contributed by atoms with Gasteiger partial charge in [-0.05, 0) is 59.8 Å². The topological polar surface area (TPSA) is 40.2 Å². The second-order valence-electron chi connectivity index (χ2n) is 6.96. The van der Waals surface area contributed by atoms with E-state index < -0.39 is 0 Å². The predicted octanol–water partition coefficient (Wildman–Crippen LogP) is 2.61. The van der Waals surface area contributed by atoms with E-state index in [1.54, 1.807) is 12.3 Å². The molecule has 0 radical (unpaired) electrons. The van der Waals surface area contributed by atoms with Gasteiger partial charge in [-0.15, -0.1) is 0 Å². The zero-order chi connectivity index (χ0) is 15.5. The minimum atomic E-state index is -0.229. The number of hydrogen-bond donors (Lipinski definition) is 2. The number of aromatic nitrogens is 1. The average molecular weight is 294 g/mol. The maximum atomic E-state index is 14.5. The van der Waals surface area contributed by atoms with E-state index in [-0.39, 0.29) is 11.4 Å². The summed E-state index contributed by atoms with van der Waals surface area (Å²) in [5.41, 5.74) is 0.632. The van der Waals surface area contributed by atoms with E-state index in [1.807, 2.05) is 0 Å². The van der Waals surface area contributed by atoms with Crippen molar-refractivity contribution in [3.63, 3.8) is 0 Å². The van der Waals surface area contributed by atoms with Crippen molar-refractivity contribution in [1.29, 1.82) is 0 Å². The summed E-state index contributed by atoms with van der Waals surface area (Å²) >= 11 is 0. The summed E-state index contributed by atoms with van der Waals surface area (Å²) in [7, 11) is 2.12. The first-order chi connectivity index (χ1) is 9.85. The Hall–Kier alpha value is -1.20. The molecule has 0 unspecified atom stereocenters. The van der Waals surface area contributed by atoms with Crippen molar-refractivity contribution in [2.24, 2.45) is 0 Å². The molecule has 1 aromatic heterocycles. The molecule has 21 heavy (non-hydrogen) atoms. The molecule has 0 aliphatic carbocycles. The molecule has 0 bridgehead atoms. The van der Waals surface area contributed by atoms with Gasteiger partial charge in [-0.1, -0.05) is 0 Å². The van der Waals surface area contributed by atoms with Crippen LogP contribution in [0.3, 0.4) is 0 Å². The number of likely N-dealkylation sites (tertiary alicyclic amines) is 1. The molecule has 0 saturated carbocycles. The lowest BCUT2D eigenvalue weighted by atomic mass is 10.1. The number of pyridine rings is 1. The summed E-state index contributed by atoms with van der Waals surface area (Å²) in [5.74, 6) is 0.158. The van der Waals surface area contributed by atoms with Gasteiger partial charge in [-0.25, -0.2) is 9.37 Å². The van der Waals surface area contributed by atoms with Crippen molar-refractivity contribution in [2.45, 2.75) is 51.7 Å². The Labute approximate surface area is 127 Å². The van der Waals surface area contributed by atoms with Crippen molar-refractivity contribution in [3.8, 4) is 0 Å². The Kier molecular flexibility index (Phi) is 5.17. The molecule has 4 nitrogen and oxygen atoms in total. The Morgan fingerprint density at radius 1 is 1.33 bits per heavy atom. The average Bonchev–Trinajstić information content (AvgIpc) is 2.41. The van der Waals surface area contributed by atoms with Crippen LogP contribution in [0.25, 0.3) is 0 Å². The second-order valence-corrected chi connectivity index (χ2v) is 6.96. The van der Waals surface area contributed by atoms with Crippen LogP contribution in [0, 0.1) is 5.82 Å². The van der Waals surface area contributed by atoms with Crippen LogP contribution in [0.5, 0.6) is 0 Å². The van der Waals surface area contributed by atoms with Crippen LogP contribution in [-0.2, 0) is 6.54 Å². The van der Waals surface area contributed by atoms with Gasteiger partial charge in [0.1, 0.15) is 0 Å². The summed E-state index contributed by atoms with van der Waals surface area (Å²) < 4.78 is 14.5. The first-order valence-corrected chi connectivity index (χ1v) is 7.68. The lowest BCUT2D eigenvalue weighted by Crippen LogP contribution is -2.37. The first-order valence-electron chi connectivity index (χ1n) is 7.68. The summed E-state index contributed by atoms with van der Waals surface area (Å²) in [6, 6.07) is 2.06. The van der Waals surface area contributed by atoms with Crippen LogP contribution in [0.1, 0.15) is 39.2 Å². The molecule has 1 aromatic rings. The smallest absolute Gasteiger partial charge is 0.169 e. The van der Waals surface area contributed by atoms with Crippen LogP contribution in [0.4, 0.5) is 10.2 Å². The number of nitrogens with one attached hydrogen (secondary N) is 2. The molecule has 5 heteroatoms. The van der Waals surface area contributed by atoms with Crippen LogP contribution < -0.4 is 10.6 Å². The van der Waals surface area contributed by atoms with E-state index in [4.69, 9.17) is 0 Å². The fourth-order valence-electron chi connectivity index (χ4n) is 2.43.